The van der Waals surface area contributed by atoms with E-state index in [4.69, 9.17) is 0 Å². The lowest BCUT2D eigenvalue weighted by Crippen LogP contribution is -2.45. The number of carbonyl (C=O) groups excluding carboxylic acids is 2. The number of rotatable bonds is 5. The molecule has 0 aromatic carbocycles. The van der Waals surface area contributed by atoms with Crippen molar-refractivity contribution in [1.29, 1.82) is 0 Å². The Labute approximate surface area is 113 Å². The quantitative estimate of drug-likeness (QED) is 0.619. The van der Waals surface area contributed by atoms with Crippen LogP contribution in [0.15, 0.2) is 0 Å². The number of urea groups is 1. The van der Waals surface area contributed by atoms with E-state index in [1.165, 1.54) is 0 Å². The van der Waals surface area contributed by atoms with E-state index in [1.807, 2.05) is 13.8 Å². The molecule has 1 unspecified atom stereocenters. The van der Waals surface area contributed by atoms with Crippen molar-refractivity contribution in [2.45, 2.75) is 26.3 Å². The van der Waals surface area contributed by atoms with Crippen LogP contribution in [0.1, 0.15) is 20.3 Å². The maximum Gasteiger partial charge on any atom is 0.315 e. The first-order valence-corrected chi connectivity index (χ1v) is 8.12. The van der Waals surface area contributed by atoms with Gasteiger partial charge in [0.25, 0.3) is 0 Å². The lowest BCUT2D eigenvalue weighted by Gasteiger charge is -2.12. The summed E-state index contributed by atoms with van der Waals surface area (Å²) in [4.78, 5) is 22.8. The standard InChI is InChI=1S/C11H21N3O4S/c1-8(2)5-12-11(16)13-6-10(15)14-9-3-4-19(17,18)7-9/h8-9H,3-7H2,1-2H3,(H,14,15)(H2,12,13,16). The Morgan fingerprint density at radius 3 is 2.47 bits per heavy atom. The van der Waals surface area contributed by atoms with Crippen molar-refractivity contribution < 1.29 is 18.0 Å². The third kappa shape index (κ3) is 6.42. The third-order valence-corrected chi connectivity index (χ3v) is 4.45. The minimum absolute atomic E-state index is 0.0156. The zero-order valence-corrected chi connectivity index (χ0v) is 12.0. The minimum Gasteiger partial charge on any atom is -0.351 e. The molecule has 1 saturated heterocycles. The van der Waals surface area contributed by atoms with Gasteiger partial charge in [0.2, 0.25) is 5.91 Å². The van der Waals surface area contributed by atoms with Gasteiger partial charge in [-0.25, -0.2) is 13.2 Å². The van der Waals surface area contributed by atoms with Crippen LogP contribution in [0.25, 0.3) is 0 Å². The van der Waals surface area contributed by atoms with Gasteiger partial charge in [0, 0.05) is 12.6 Å². The second-order valence-corrected chi connectivity index (χ2v) is 7.35. The van der Waals surface area contributed by atoms with E-state index in [0.29, 0.717) is 18.9 Å². The normalized spacial score (nSPS) is 21.1. The van der Waals surface area contributed by atoms with Crippen molar-refractivity contribution in [3.05, 3.63) is 0 Å². The lowest BCUT2D eigenvalue weighted by atomic mass is 10.2. The largest absolute Gasteiger partial charge is 0.351 e. The van der Waals surface area contributed by atoms with Gasteiger partial charge < -0.3 is 16.0 Å². The van der Waals surface area contributed by atoms with Crippen LogP contribution in [0.5, 0.6) is 0 Å². The van der Waals surface area contributed by atoms with Gasteiger partial charge in [-0.05, 0) is 12.3 Å². The number of carbonyl (C=O) groups is 2. The average molecular weight is 291 g/mol. The number of sulfone groups is 1. The van der Waals surface area contributed by atoms with Crippen LogP contribution in [0.4, 0.5) is 4.79 Å². The van der Waals surface area contributed by atoms with Gasteiger partial charge in [-0.2, -0.15) is 0 Å². The number of hydrogen-bond donors (Lipinski definition) is 3. The fraction of sp³-hybridized carbons (Fsp3) is 0.818. The highest BCUT2D eigenvalue weighted by molar-refractivity contribution is 7.91. The van der Waals surface area contributed by atoms with Crippen LogP contribution >= 0.6 is 0 Å². The highest BCUT2D eigenvalue weighted by atomic mass is 32.2. The van der Waals surface area contributed by atoms with Crippen LogP contribution in [0, 0.1) is 5.92 Å². The second kappa shape index (κ2) is 6.74. The van der Waals surface area contributed by atoms with Crippen molar-refractivity contribution in [3.8, 4) is 0 Å². The van der Waals surface area contributed by atoms with Gasteiger partial charge >= 0.3 is 6.03 Å². The predicted octanol–water partition coefficient (Wildman–Crippen LogP) is -0.755. The zero-order chi connectivity index (χ0) is 14.5. The van der Waals surface area contributed by atoms with Gasteiger partial charge in [-0.15, -0.1) is 0 Å². The first-order valence-electron chi connectivity index (χ1n) is 6.30. The molecule has 1 atom stereocenters. The molecule has 1 rings (SSSR count). The SMILES string of the molecule is CC(C)CNC(=O)NCC(=O)NC1CCS(=O)(=O)C1. The Bertz CT molecular complexity index is 433. The van der Waals surface area contributed by atoms with E-state index in [0.717, 1.165) is 0 Å². The molecule has 0 saturated carbocycles. The van der Waals surface area contributed by atoms with Gasteiger partial charge in [-0.3, -0.25) is 4.79 Å². The molecule has 0 spiro atoms. The summed E-state index contributed by atoms with van der Waals surface area (Å²) in [6.45, 7) is 4.32. The molecule has 7 nitrogen and oxygen atoms in total. The summed E-state index contributed by atoms with van der Waals surface area (Å²) in [5, 5.41) is 7.63. The maximum atomic E-state index is 11.5. The zero-order valence-electron chi connectivity index (χ0n) is 11.2. The first kappa shape index (κ1) is 15.7. The monoisotopic (exact) mass is 291 g/mol. The van der Waals surface area contributed by atoms with Gasteiger partial charge in [0.15, 0.2) is 9.84 Å². The third-order valence-electron chi connectivity index (χ3n) is 2.68. The van der Waals surface area contributed by atoms with E-state index < -0.39 is 15.9 Å². The summed E-state index contributed by atoms with van der Waals surface area (Å²) < 4.78 is 22.4. The molecular formula is C11H21N3O4S. The molecule has 8 heteroatoms. The molecule has 1 aliphatic rings. The van der Waals surface area contributed by atoms with Crippen molar-refractivity contribution in [3.63, 3.8) is 0 Å². The van der Waals surface area contributed by atoms with E-state index >= 15 is 0 Å². The molecule has 1 heterocycles. The molecule has 3 amide bonds. The highest BCUT2D eigenvalue weighted by Gasteiger charge is 2.28. The fourth-order valence-electron chi connectivity index (χ4n) is 1.71. The van der Waals surface area contributed by atoms with Crippen molar-refractivity contribution >= 4 is 21.8 Å². The molecule has 0 radical (unpaired) electrons. The molecule has 1 fully saturated rings. The number of amides is 3. The van der Waals surface area contributed by atoms with Crippen molar-refractivity contribution in [2.75, 3.05) is 24.6 Å². The second-order valence-electron chi connectivity index (χ2n) is 5.12. The number of hydrogen-bond acceptors (Lipinski definition) is 4. The highest BCUT2D eigenvalue weighted by Crippen LogP contribution is 2.10. The summed E-state index contributed by atoms with van der Waals surface area (Å²) in [6, 6.07) is -0.735. The van der Waals surface area contributed by atoms with E-state index in [-0.39, 0.29) is 30.0 Å². The summed E-state index contributed by atoms with van der Waals surface area (Å²) >= 11 is 0. The Hall–Kier alpha value is -1.31. The lowest BCUT2D eigenvalue weighted by molar-refractivity contribution is -0.120. The van der Waals surface area contributed by atoms with Gasteiger partial charge in [0.05, 0.1) is 18.1 Å². The Morgan fingerprint density at radius 2 is 1.95 bits per heavy atom. The topological polar surface area (TPSA) is 104 Å². The minimum atomic E-state index is -3.00. The van der Waals surface area contributed by atoms with Gasteiger partial charge in [0.1, 0.15) is 0 Å². The van der Waals surface area contributed by atoms with Crippen LogP contribution in [0.2, 0.25) is 0 Å². The molecular weight excluding hydrogens is 270 g/mol. The van der Waals surface area contributed by atoms with Gasteiger partial charge in [-0.1, -0.05) is 13.8 Å². The van der Waals surface area contributed by atoms with Crippen LogP contribution in [0.3, 0.4) is 0 Å². The number of nitrogens with one attached hydrogen (secondary N) is 3. The van der Waals surface area contributed by atoms with E-state index in [9.17, 15) is 18.0 Å². The van der Waals surface area contributed by atoms with E-state index in [2.05, 4.69) is 16.0 Å². The Balaban J connectivity index is 2.20. The average Bonchev–Trinajstić information content (AvgIpc) is 2.63. The predicted molar refractivity (Wildman–Crippen MR) is 71.4 cm³/mol. The molecule has 0 aromatic rings. The van der Waals surface area contributed by atoms with Crippen molar-refractivity contribution in [1.82, 2.24) is 16.0 Å². The summed E-state index contributed by atoms with van der Waals surface area (Å²) in [5.74, 6) is 0.0588. The molecule has 1 aliphatic heterocycles. The molecule has 0 bridgehead atoms. The smallest absolute Gasteiger partial charge is 0.315 e. The molecule has 0 aliphatic carbocycles. The Kier molecular flexibility index (Phi) is 5.59. The summed E-state index contributed by atoms with van der Waals surface area (Å²) in [6.07, 6.45) is 0.438. The van der Waals surface area contributed by atoms with Crippen molar-refractivity contribution in [2.24, 2.45) is 5.92 Å². The fourth-order valence-corrected chi connectivity index (χ4v) is 3.38. The molecule has 110 valence electrons. The maximum absolute atomic E-state index is 11.5. The Morgan fingerprint density at radius 1 is 1.26 bits per heavy atom. The molecule has 0 aromatic heterocycles. The molecule has 19 heavy (non-hydrogen) atoms. The van der Waals surface area contributed by atoms with Crippen LogP contribution in [-0.2, 0) is 14.6 Å². The van der Waals surface area contributed by atoms with E-state index in [1.54, 1.807) is 0 Å². The molecule has 3 N–H and O–H groups in total. The summed E-state index contributed by atoms with van der Waals surface area (Å²) in [5.41, 5.74) is 0. The first-order chi connectivity index (χ1) is 8.78. The van der Waals surface area contributed by atoms with Crippen LogP contribution in [-0.4, -0.2) is 51.0 Å². The van der Waals surface area contributed by atoms with Crippen LogP contribution < -0.4 is 16.0 Å². The summed E-state index contributed by atoms with van der Waals surface area (Å²) in [7, 11) is -3.00.